The summed E-state index contributed by atoms with van der Waals surface area (Å²) < 4.78 is 0. The van der Waals surface area contributed by atoms with E-state index in [1.165, 1.54) is 19.5 Å². The largest absolute Gasteiger partial charge is 0.291 e. The molecule has 1 aliphatic heterocycles. The average molecular weight is 142 g/mol. The highest BCUT2D eigenvalue weighted by Gasteiger charge is 2.18. The van der Waals surface area contributed by atoms with E-state index in [2.05, 4.69) is 30.7 Å². The van der Waals surface area contributed by atoms with E-state index in [1.54, 1.807) is 0 Å². The van der Waals surface area contributed by atoms with Gasteiger partial charge in [-0.2, -0.15) is 0 Å². The Balaban J connectivity index is 2.33. The highest BCUT2D eigenvalue weighted by Crippen LogP contribution is 2.09. The number of rotatable bonds is 1. The van der Waals surface area contributed by atoms with Crippen LogP contribution in [0.3, 0.4) is 0 Å². The van der Waals surface area contributed by atoms with Crippen LogP contribution in [0.2, 0.25) is 0 Å². The van der Waals surface area contributed by atoms with Gasteiger partial charge >= 0.3 is 0 Å². The zero-order chi connectivity index (χ0) is 7.56. The maximum absolute atomic E-state index is 2.47. The van der Waals surface area contributed by atoms with Gasteiger partial charge in [0.25, 0.3) is 0 Å². The van der Waals surface area contributed by atoms with Crippen molar-refractivity contribution in [1.82, 2.24) is 9.80 Å². The van der Waals surface area contributed by atoms with Gasteiger partial charge in [0.1, 0.15) is 0 Å². The molecule has 1 saturated heterocycles. The fourth-order valence-electron chi connectivity index (χ4n) is 1.37. The quantitative estimate of drug-likeness (QED) is 0.538. The molecule has 0 N–H and O–H groups in total. The van der Waals surface area contributed by atoms with E-state index < -0.39 is 0 Å². The van der Waals surface area contributed by atoms with Crippen LogP contribution in [0.5, 0.6) is 0 Å². The van der Waals surface area contributed by atoms with Crippen molar-refractivity contribution in [3.8, 4) is 0 Å². The van der Waals surface area contributed by atoms with E-state index in [4.69, 9.17) is 0 Å². The molecular formula is C8H18N2. The van der Waals surface area contributed by atoms with Crippen LogP contribution in [0.25, 0.3) is 0 Å². The van der Waals surface area contributed by atoms with Crippen molar-refractivity contribution >= 4 is 0 Å². The van der Waals surface area contributed by atoms with Crippen molar-refractivity contribution in [2.45, 2.75) is 26.3 Å². The number of nitrogens with zero attached hydrogens (tertiary/aromatic N) is 2. The molecule has 0 aliphatic carbocycles. The molecule has 1 heterocycles. The zero-order valence-electron chi connectivity index (χ0n) is 7.30. The van der Waals surface area contributed by atoms with Crippen LogP contribution in [0.15, 0.2) is 0 Å². The Morgan fingerprint density at radius 1 is 1.50 bits per heavy atom. The first-order valence-electron chi connectivity index (χ1n) is 4.16. The molecule has 0 spiro atoms. The molecule has 0 amide bonds. The first kappa shape index (κ1) is 8.02. The molecule has 1 unspecified atom stereocenters. The van der Waals surface area contributed by atoms with Crippen LogP contribution in [0.1, 0.15) is 20.3 Å². The molecule has 0 saturated carbocycles. The standard InChI is InChI=1S/C8H18N2/c1-4-10-6-5-8(2)9(3)7-10/h8H,4-7H2,1-3H3. The number of hydrogen-bond donors (Lipinski definition) is 0. The second-order valence-electron chi connectivity index (χ2n) is 3.25. The lowest BCUT2D eigenvalue weighted by atomic mass is 10.2. The normalized spacial score (nSPS) is 30.9. The fourth-order valence-corrected chi connectivity index (χ4v) is 1.37. The van der Waals surface area contributed by atoms with Gasteiger partial charge in [-0.15, -0.1) is 0 Å². The van der Waals surface area contributed by atoms with Crippen LogP contribution < -0.4 is 0 Å². The molecule has 0 aromatic heterocycles. The molecule has 10 heavy (non-hydrogen) atoms. The summed E-state index contributed by atoms with van der Waals surface area (Å²) in [6.45, 7) is 8.15. The Morgan fingerprint density at radius 2 is 2.20 bits per heavy atom. The monoisotopic (exact) mass is 142 g/mol. The zero-order valence-corrected chi connectivity index (χ0v) is 7.30. The van der Waals surface area contributed by atoms with Gasteiger partial charge in [-0.3, -0.25) is 9.80 Å². The Kier molecular flexibility index (Phi) is 2.69. The Hall–Kier alpha value is -0.0800. The molecule has 0 aromatic rings. The fraction of sp³-hybridized carbons (Fsp3) is 1.00. The molecule has 2 heteroatoms. The maximum Gasteiger partial charge on any atom is 0.0505 e. The maximum atomic E-state index is 2.47. The summed E-state index contributed by atoms with van der Waals surface area (Å²) in [6, 6.07) is 0.780. The molecule has 2 nitrogen and oxygen atoms in total. The Labute approximate surface area is 63.8 Å². The van der Waals surface area contributed by atoms with E-state index in [0.29, 0.717) is 0 Å². The van der Waals surface area contributed by atoms with Crippen molar-refractivity contribution < 1.29 is 0 Å². The van der Waals surface area contributed by atoms with Gasteiger partial charge in [0.15, 0.2) is 0 Å². The smallest absolute Gasteiger partial charge is 0.0505 e. The van der Waals surface area contributed by atoms with Crippen LogP contribution in [-0.4, -0.2) is 42.6 Å². The first-order chi connectivity index (χ1) is 4.74. The predicted molar refractivity (Wildman–Crippen MR) is 44.0 cm³/mol. The van der Waals surface area contributed by atoms with E-state index >= 15 is 0 Å². The average Bonchev–Trinajstić information content (AvgIpc) is 1.95. The predicted octanol–water partition coefficient (Wildman–Crippen LogP) is 0.990. The van der Waals surface area contributed by atoms with E-state index in [1.807, 2.05) is 0 Å². The van der Waals surface area contributed by atoms with Crippen LogP contribution in [0.4, 0.5) is 0 Å². The summed E-state index contributed by atoms with van der Waals surface area (Å²) in [7, 11) is 2.20. The molecule has 0 radical (unpaired) electrons. The van der Waals surface area contributed by atoms with Gasteiger partial charge in [0.05, 0.1) is 6.67 Å². The van der Waals surface area contributed by atoms with Gasteiger partial charge in [-0.05, 0) is 26.9 Å². The molecular weight excluding hydrogens is 124 g/mol. The lowest BCUT2D eigenvalue weighted by Crippen LogP contribution is -2.47. The van der Waals surface area contributed by atoms with Crippen molar-refractivity contribution in [3.63, 3.8) is 0 Å². The third-order valence-corrected chi connectivity index (χ3v) is 2.49. The van der Waals surface area contributed by atoms with Crippen LogP contribution in [0, 0.1) is 0 Å². The summed E-state index contributed by atoms with van der Waals surface area (Å²) in [5.41, 5.74) is 0. The van der Waals surface area contributed by atoms with Gasteiger partial charge in [0, 0.05) is 12.6 Å². The molecule has 0 bridgehead atoms. The highest BCUT2D eigenvalue weighted by molar-refractivity contribution is 4.71. The van der Waals surface area contributed by atoms with Crippen LogP contribution in [-0.2, 0) is 0 Å². The second kappa shape index (κ2) is 3.35. The molecule has 60 valence electrons. The summed E-state index contributed by atoms with van der Waals surface area (Å²) in [5, 5.41) is 0. The van der Waals surface area contributed by atoms with Gasteiger partial charge in [-0.25, -0.2) is 0 Å². The van der Waals surface area contributed by atoms with Crippen molar-refractivity contribution in [3.05, 3.63) is 0 Å². The molecule has 0 aromatic carbocycles. The minimum atomic E-state index is 0.780. The summed E-state index contributed by atoms with van der Waals surface area (Å²) >= 11 is 0. The van der Waals surface area contributed by atoms with Crippen molar-refractivity contribution in [2.24, 2.45) is 0 Å². The SMILES string of the molecule is CCN1CCC(C)N(C)C1. The summed E-state index contributed by atoms with van der Waals surface area (Å²) in [4.78, 5) is 4.88. The highest BCUT2D eigenvalue weighted by atomic mass is 15.3. The molecule has 1 aliphatic rings. The van der Waals surface area contributed by atoms with Crippen molar-refractivity contribution in [2.75, 3.05) is 26.8 Å². The van der Waals surface area contributed by atoms with Crippen LogP contribution >= 0.6 is 0 Å². The lowest BCUT2D eigenvalue weighted by Gasteiger charge is -2.37. The van der Waals surface area contributed by atoms with E-state index in [-0.39, 0.29) is 0 Å². The molecule has 1 atom stereocenters. The van der Waals surface area contributed by atoms with E-state index in [0.717, 1.165) is 12.7 Å². The lowest BCUT2D eigenvalue weighted by molar-refractivity contribution is 0.0720. The summed E-state index contributed by atoms with van der Waals surface area (Å²) in [6.07, 6.45) is 1.32. The molecule has 1 fully saturated rings. The third kappa shape index (κ3) is 1.70. The minimum absolute atomic E-state index is 0.780. The summed E-state index contributed by atoms with van der Waals surface area (Å²) in [5.74, 6) is 0. The second-order valence-corrected chi connectivity index (χ2v) is 3.25. The third-order valence-electron chi connectivity index (χ3n) is 2.49. The van der Waals surface area contributed by atoms with Gasteiger partial charge in [-0.1, -0.05) is 6.92 Å². The van der Waals surface area contributed by atoms with E-state index in [9.17, 15) is 0 Å². The first-order valence-corrected chi connectivity index (χ1v) is 4.16. The topological polar surface area (TPSA) is 6.48 Å². The van der Waals surface area contributed by atoms with Crippen molar-refractivity contribution in [1.29, 1.82) is 0 Å². The van der Waals surface area contributed by atoms with Gasteiger partial charge in [0.2, 0.25) is 0 Å². The van der Waals surface area contributed by atoms with Gasteiger partial charge < -0.3 is 0 Å². The number of hydrogen-bond acceptors (Lipinski definition) is 2. The Morgan fingerprint density at radius 3 is 2.70 bits per heavy atom. The Bertz CT molecular complexity index is 103. The molecule has 1 rings (SSSR count). The minimum Gasteiger partial charge on any atom is -0.291 e.